The summed E-state index contributed by atoms with van der Waals surface area (Å²) in [6, 6.07) is 9.94. The molecule has 1 aliphatic carbocycles. The summed E-state index contributed by atoms with van der Waals surface area (Å²) in [7, 11) is 2.98. The molecule has 3 aromatic rings. The fourth-order valence-corrected chi connectivity index (χ4v) is 5.44. The van der Waals surface area contributed by atoms with Gasteiger partial charge in [0.1, 0.15) is 32.6 Å². The van der Waals surface area contributed by atoms with E-state index in [0.717, 1.165) is 43.6 Å². The maximum atomic E-state index is 14.1. The largest absolute Gasteiger partial charge is 0.508 e. The highest BCUT2D eigenvalue weighted by Gasteiger charge is 2.38. The van der Waals surface area contributed by atoms with E-state index < -0.39 is 11.9 Å². The van der Waals surface area contributed by atoms with Crippen LogP contribution < -0.4 is 19.7 Å². The van der Waals surface area contributed by atoms with Gasteiger partial charge in [0.15, 0.2) is 5.69 Å². The Balaban J connectivity index is 1.88. The van der Waals surface area contributed by atoms with Crippen LogP contribution in [-0.2, 0) is 4.79 Å². The number of ether oxygens (including phenoxy) is 2. The van der Waals surface area contributed by atoms with Gasteiger partial charge in [0.2, 0.25) is 5.91 Å². The number of aromatic hydroxyl groups is 1. The van der Waals surface area contributed by atoms with E-state index in [1.807, 2.05) is 0 Å². The van der Waals surface area contributed by atoms with Crippen LogP contribution >= 0.6 is 34.7 Å². The predicted octanol–water partition coefficient (Wildman–Crippen LogP) is 6.01. The molecule has 1 saturated carbocycles. The Morgan fingerprint density at radius 3 is 2.38 bits per heavy atom. The van der Waals surface area contributed by atoms with Crippen molar-refractivity contribution in [3.8, 4) is 17.2 Å². The van der Waals surface area contributed by atoms with Crippen LogP contribution in [0.1, 0.15) is 54.2 Å². The lowest BCUT2D eigenvalue weighted by atomic mass is 9.94. The molecule has 2 amide bonds. The number of methoxy groups -OCH3 is 2. The zero-order valence-electron chi connectivity index (χ0n) is 20.4. The molecule has 1 aromatic heterocycles. The molecule has 1 atom stereocenters. The summed E-state index contributed by atoms with van der Waals surface area (Å²) in [5, 5.41) is 13.0. The van der Waals surface area contributed by atoms with Crippen LogP contribution in [0.2, 0.25) is 9.36 Å². The molecule has 4 rings (SSSR count). The quantitative estimate of drug-likeness (QED) is 0.348. The first-order valence-corrected chi connectivity index (χ1v) is 13.3. The van der Waals surface area contributed by atoms with Crippen LogP contribution in [0.3, 0.4) is 0 Å². The zero-order valence-corrected chi connectivity index (χ0v) is 22.7. The normalized spacial score (nSPS) is 14.6. The minimum atomic E-state index is -1.13. The molecule has 2 N–H and O–H groups in total. The fourth-order valence-electron chi connectivity index (χ4n) is 4.46. The van der Waals surface area contributed by atoms with Crippen molar-refractivity contribution in [3.05, 3.63) is 63.1 Å². The molecule has 0 bridgehead atoms. The van der Waals surface area contributed by atoms with Crippen molar-refractivity contribution in [2.24, 2.45) is 0 Å². The van der Waals surface area contributed by atoms with Gasteiger partial charge in [-0.05, 0) is 54.2 Å². The average Bonchev–Trinajstić information content (AvgIpc) is 3.25. The first-order chi connectivity index (χ1) is 17.8. The minimum absolute atomic E-state index is 0.00582. The second kappa shape index (κ2) is 12.0. The lowest BCUT2D eigenvalue weighted by Crippen LogP contribution is -2.47. The number of anilines is 1. The van der Waals surface area contributed by atoms with Gasteiger partial charge in [-0.3, -0.25) is 14.5 Å². The summed E-state index contributed by atoms with van der Waals surface area (Å²) >= 11 is 13.4. The van der Waals surface area contributed by atoms with E-state index in [1.54, 1.807) is 30.3 Å². The van der Waals surface area contributed by atoms with Gasteiger partial charge in [-0.25, -0.2) is 0 Å². The SMILES string of the molecule is COc1ccc(N(C(=O)c2nsc(Cl)c2Cl)C(C(=O)NC2CCCCC2)c2ccc(O)cc2)c(OC)c1. The molecule has 0 spiro atoms. The highest BCUT2D eigenvalue weighted by atomic mass is 35.5. The summed E-state index contributed by atoms with van der Waals surface area (Å²) in [6.07, 6.45) is 4.90. The van der Waals surface area contributed by atoms with Crippen LogP contribution in [0.25, 0.3) is 0 Å². The van der Waals surface area contributed by atoms with Crippen molar-refractivity contribution in [3.63, 3.8) is 0 Å². The van der Waals surface area contributed by atoms with Gasteiger partial charge in [-0.1, -0.05) is 54.6 Å². The fraction of sp³-hybridized carbons (Fsp3) is 0.346. The maximum absolute atomic E-state index is 14.1. The van der Waals surface area contributed by atoms with Gasteiger partial charge >= 0.3 is 0 Å². The number of halogens is 2. The number of phenolic OH excluding ortho intramolecular Hbond substituents is 1. The number of nitrogens with zero attached hydrogens (tertiary/aromatic N) is 2. The van der Waals surface area contributed by atoms with Gasteiger partial charge in [-0.2, -0.15) is 4.37 Å². The number of carbonyl (C=O) groups is 2. The zero-order chi connectivity index (χ0) is 26.5. The van der Waals surface area contributed by atoms with E-state index in [2.05, 4.69) is 9.69 Å². The molecule has 1 heterocycles. The van der Waals surface area contributed by atoms with E-state index in [1.165, 1.54) is 31.3 Å². The molecule has 8 nitrogen and oxygen atoms in total. The van der Waals surface area contributed by atoms with E-state index >= 15 is 0 Å². The van der Waals surface area contributed by atoms with Crippen LogP contribution in [0.5, 0.6) is 17.2 Å². The van der Waals surface area contributed by atoms with E-state index in [4.69, 9.17) is 32.7 Å². The number of amides is 2. The topological polar surface area (TPSA) is 101 Å². The molecule has 1 fully saturated rings. The van der Waals surface area contributed by atoms with Crippen LogP contribution in [-0.4, -0.2) is 41.6 Å². The number of benzene rings is 2. The maximum Gasteiger partial charge on any atom is 0.280 e. The Morgan fingerprint density at radius 2 is 1.78 bits per heavy atom. The molecular formula is C26H27Cl2N3O5S. The highest BCUT2D eigenvalue weighted by molar-refractivity contribution is 7.11. The minimum Gasteiger partial charge on any atom is -0.508 e. The third-order valence-corrected chi connectivity index (χ3v) is 7.94. The summed E-state index contributed by atoms with van der Waals surface area (Å²) in [5.41, 5.74) is 0.712. The summed E-state index contributed by atoms with van der Waals surface area (Å²) in [5.74, 6) is -0.158. The van der Waals surface area contributed by atoms with E-state index in [9.17, 15) is 14.7 Å². The van der Waals surface area contributed by atoms with Crippen molar-refractivity contribution in [2.75, 3.05) is 19.1 Å². The second-order valence-electron chi connectivity index (χ2n) is 8.67. The van der Waals surface area contributed by atoms with Gasteiger partial charge in [0, 0.05) is 12.1 Å². The van der Waals surface area contributed by atoms with Crippen molar-refractivity contribution < 1.29 is 24.2 Å². The molecule has 1 unspecified atom stereocenters. The Kier molecular flexibility index (Phi) is 8.79. The summed E-state index contributed by atoms with van der Waals surface area (Å²) < 4.78 is 15.3. The Morgan fingerprint density at radius 1 is 1.08 bits per heavy atom. The molecular weight excluding hydrogens is 537 g/mol. The summed E-state index contributed by atoms with van der Waals surface area (Å²) in [4.78, 5) is 29.3. The molecule has 0 saturated heterocycles. The number of aromatic nitrogens is 1. The Labute approximate surface area is 229 Å². The molecule has 11 heteroatoms. The molecule has 0 aliphatic heterocycles. The Hall–Kier alpha value is -3.01. The van der Waals surface area contributed by atoms with Gasteiger partial charge in [-0.15, -0.1) is 0 Å². The molecule has 0 radical (unpaired) electrons. The Bertz CT molecular complexity index is 1260. The summed E-state index contributed by atoms with van der Waals surface area (Å²) in [6.45, 7) is 0. The average molecular weight is 564 g/mol. The number of hydrogen-bond acceptors (Lipinski definition) is 7. The lowest BCUT2D eigenvalue weighted by Gasteiger charge is -2.34. The molecule has 196 valence electrons. The van der Waals surface area contributed by atoms with Crippen molar-refractivity contribution >= 4 is 52.2 Å². The highest BCUT2D eigenvalue weighted by Crippen LogP contribution is 2.40. The number of rotatable bonds is 8. The van der Waals surface area contributed by atoms with Gasteiger partial charge < -0.3 is 19.9 Å². The van der Waals surface area contributed by atoms with Crippen molar-refractivity contribution in [1.29, 1.82) is 0 Å². The molecule has 37 heavy (non-hydrogen) atoms. The van der Waals surface area contributed by atoms with Crippen LogP contribution in [0, 0.1) is 0 Å². The van der Waals surface area contributed by atoms with Crippen molar-refractivity contribution in [1.82, 2.24) is 9.69 Å². The van der Waals surface area contributed by atoms with E-state index in [-0.39, 0.29) is 32.8 Å². The smallest absolute Gasteiger partial charge is 0.280 e. The van der Waals surface area contributed by atoms with E-state index in [0.29, 0.717) is 22.7 Å². The monoisotopic (exact) mass is 563 g/mol. The third-order valence-electron chi connectivity index (χ3n) is 6.33. The molecule has 1 aliphatic rings. The lowest BCUT2D eigenvalue weighted by molar-refractivity contribution is -0.123. The first kappa shape index (κ1) is 27.0. The van der Waals surface area contributed by atoms with Crippen LogP contribution in [0.15, 0.2) is 42.5 Å². The number of nitrogens with one attached hydrogen (secondary N) is 1. The second-order valence-corrected chi connectivity index (χ2v) is 10.4. The molecule has 2 aromatic carbocycles. The standard InChI is InChI=1S/C26H27Cl2N3O5S/c1-35-18-12-13-19(20(14-18)36-2)31(26(34)22-21(27)24(28)37-30-22)23(15-8-10-17(32)11-9-15)25(33)29-16-6-4-3-5-7-16/h8-14,16,23,32H,3-7H2,1-2H3,(H,29,33). The predicted molar refractivity (Wildman–Crippen MR) is 144 cm³/mol. The third kappa shape index (κ3) is 5.95. The van der Waals surface area contributed by atoms with Crippen LogP contribution in [0.4, 0.5) is 5.69 Å². The first-order valence-electron chi connectivity index (χ1n) is 11.8. The van der Waals surface area contributed by atoms with Gasteiger partial charge in [0.25, 0.3) is 5.91 Å². The van der Waals surface area contributed by atoms with Crippen molar-refractivity contribution in [2.45, 2.75) is 44.2 Å². The number of phenols is 1. The number of hydrogen-bond donors (Lipinski definition) is 2. The number of carbonyl (C=O) groups excluding carboxylic acids is 2. The van der Waals surface area contributed by atoms with Gasteiger partial charge in [0.05, 0.1) is 19.9 Å².